The predicted octanol–water partition coefficient (Wildman–Crippen LogP) is 1.99. The fourth-order valence-electron chi connectivity index (χ4n) is 2.68. The number of likely N-dealkylation sites (tertiary alicyclic amines) is 1. The number of nitrogens with zero attached hydrogens (tertiary/aromatic N) is 2. The minimum atomic E-state index is 0.0768. The molecule has 0 bridgehead atoms. The summed E-state index contributed by atoms with van der Waals surface area (Å²) in [5.74, 6) is 1.00. The van der Waals surface area contributed by atoms with Gasteiger partial charge in [-0.15, -0.1) is 0 Å². The number of hydrogen-bond donors (Lipinski definition) is 2. The number of carbonyl (C=O) groups excluding carboxylic acids is 1. The molecule has 0 spiro atoms. The number of amidine groups is 1. The Kier molecular flexibility index (Phi) is 4.29. The molecule has 1 amide bonds. The molecule has 0 radical (unpaired) electrons. The van der Waals surface area contributed by atoms with Gasteiger partial charge in [0.15, 0.2) is 0 Å². The first-order valence-corrected chi connectivity index (χ1v) is 7.72. The molecule has 2 N–H and O–H groups in total. The van der Waals surface area contributed by atoms with Crippen molar-refractivity contribution in [3.63, 3.8) is 0 Å². The van der Waals surface area contributed by atoms with Crippen molar-refractivity contribution >= 4 is 29.0 Å². The molecule has 0 aromatic heterocycles. The highest BCUT2D eigenvalue weighted by atomic mass is 35.5. The van der Waals surface area contributed by atoms with Gasteiger partial charge in [0.1, 0.15) is 5.84 Å². The van der Waals surface area contributed by atoms with Crippen molar-refractivity contribution in [1.29, 1.82) is 0 Å². The molecule has 1 saturated heterocycles. The molecule has 1 aromatic carbocycles. The Bertz CT molecular complexity index is 567. The summed E-state index contributed by atoms with van der Waals surface area (Å²) >= 11 is 6.07. The molecule has 2 heterocycles. The number of rotatable bonds is 4. The molecule has 0 aliphatic carbocycles. The molecule has 0 unspecified atom stereocenters. The second-order valence-corrected chi connectivity index (χ2v) is 5.73. The van der Waals surface area contributed by atoms with Gasteiger partial charge in [-0.25, -0.2) is 0 Å². The number of anilines is 1. The van der Waals surface area contributed by atoms with E-state index in [9.17, 15) is 4.79 Å². The zero-order chi connectivity index (χ0) is 14.7. The van der Waals surface area contributed by atoms with Crippen LogP contribution in [0.2, 0.25) is 5.02 Å². The van der Waals surface area contributed by atoms with E-state index in [0.717, 1.165) is 50.5 Å². The molecule has 6 heteroatoms. The highest BCUT2D eigenvalue weighted by Crippen LogP contribution is 2.24. The van der Waals surface area contributed by atoms with Crippen molar-refractivity contribution < 1.29 is 4.79 Å². The molecule has 1 fully saturated rings. The molecule has 112 valence electrons. The second kappa shape index (κ2) is 6.35. The van der Waals surface area contributed by atoms with Gasteiger partial charge in [0, 0.05) is 30.3 Å². The molecular formula is C15H19ClN4O. The Balaban J connectivity index is 1.77. The quantitative estimate of drug-likeness (QED) is 0.894. The molecule has 2 aliphatic heterocycles. The average molecular weight is 307 g/mol. The number of hydrogen-bond acceptors (Lipinski definition) is 4. The van der Waals surface area contributed by atoms with Gasteiger partial charge in [0.2, 0.25) is 0 Å². The third-order valence-electron chi connectivity index (χ3n) is 3.80. The Morgan fingerprint density at radius 3 is 2.90 bits per heavy atom. The maximum absolute atomic E-state index is 12.6. The third-order valence-corrected chi connectivity index (χ3v) is 4.03. The molecular weight excluding hydrogens is 288 g/mol. The number of amides is 1. The van der Waals surface area contributed by atoms with Crippen LogP contribution in [0.5, 0.6) is 0 Å². The number of nitrogens with one attached hydrogen (secondary N) is 2. The molecule has 21 heavy (non-hydrogen) atoms. The molecule has 3 rings (SSSR count). The summed E-state index contributed by atoms with van der Waals surface area (Å²) in [5.41, 5.74) is 1.45. The van der Waals surface area contributed by atoms with E-state index >= 15 is 0 Å². The van der Waals surface area contributed by atoms with Gasteiger partial charge in [-0.3, -0.25) is 9.79 Å². The van der Waals surface area contributed by atoms with Crippen LogP contribution >= 0.6 is 11.6 Å². The zero-order valence-corrected chi connectivity index (χ0v) is 12.6. The lowest BCUT2D eigenvalue weighted by Gasteiger charge is -2.18. The average Bonchev–Trinajstić information content (AvgIpc) is 3.18. The zero-order valence-electron chi connectivity index (χ0n) is 11.9. The van der Waals surface area contributed by atoms with E-state index in [1.54, 1.807) is 18.2 Å². The van der Waals surface area contributed by atoms with Gasteiger partial charge in [-0.1, -0.05) is 11.6 Å². The lowest BCUT2D eigenvalue weighted by molar-refractivity contribution is 0.0794. The Morgan fingerprint density at radius 2 is 2.19 bits per heavy atom. The van der Waals surface area contributed by atoms with Crippen LogP contribution in [0, 0.1) is 0 Å². The van der Waals surface area contributed by atoms with Crippen molar-refractivity contribution in [1.82, 2.24) is 10.2 Å². The van der Waals surface area contributed by atoms with Gasteiger partial charge in [-0.05, 0) is 31.0 Å². The third kappa shape index (κ3) is 3.29. The first-order valence-electron chi connectivity index (χ1n) is 7.34. The molecule has 0 atom stereocenters. The smallest absolute Gasteiger partial charge is 0.255 e. The Labute approximate surface area is 129 Å². The van der Waals surface area contributed by atoms with Crippen molar-refractivity contribution in [3.8, 4) is 0 Å². The van der Waals surface area contributed by atoms with Crippen molar-refractivity contribution in [2.75, 3.05) is 38.0 Å². The lowest BCUT2D eigenvalue weighted by Crippen LogP contribution is -2.30. The molecule has 1 aromatic rings. The maximum Gasteiger partial charge on any atom is 0.255 e. The fraction of sp³-hybridized carbons (Fsp3) is 0.467. The highest BCUT2D eigenvalue weighted by Gasteiger charge is 2.22. The van der Waals surface area contributed by atoms with Crippen LogP contribution in [0.3, 0.4) is 0 Å². The van der Waals surface area contributed by atoms with Crippen LogP contribution in [0.15, 0.2) is 23.2 Å². The maximum atomic E-state index is 12.6. The second-order valence-electron chi connectivity index (χ2n) is 5.30. The van der Waals surface area contributed by atoms with E-state index in [0.29, 0.717) is 17.1 Å². The first-order chi connectivity index (χ1) is 10.2. The van der Waals surface area contributed by atoms with Gasteiger partial charge in [-0.2, -0.15) is 0 Å². The van der Waals surface area contributed by atoms with Gasteiger partial charge in [0.25, 0.3) is 5.91 Å². The van der Waals surface area contributed by atoms with Crippen molar-refractivity contribution in [3.05, 3.63) is 28.8 Å². The van der Waals surface area contributed by atoms with Crippen molar-refractivity contribution in [2.45, 2.75) is 12.8 Å². The summed E-state index contributed by atoms with van der Waals surface area (Å²) in [4.78, 5) is 18.8. The summed E-state index contributed by atoms with van der Waals surface area (Å²) in [6, 6.07) is 5.37. The van der Waals surface area contributed by atoms with Crippen LogP contribution < -0.4 is 10.6 Å². The van der Waals surface area contributed by atoms with Crippen LogP contribution in [0.25, 0.3) is 0 Å². The number of benzene rings is 1. The summed E-state index contributed by atoms with van der Waals surface area (Å²) in [7, 11) is 0. The SMILES string of the molecule is O=C(c1ccc(Cl)cc1NCC1=NCCN1)N1CCCC1. The van der Waals surface area contributed by atoms with Crippen LogP contribution in [0.4, 0.5) is 5.69 Å². The van der Waals surface area contributed by atoms with E-state index in [1.165, 1.54) is 0 Å². The summed E-state index contributed by atoms with van der Waals surface area (Å²) < 4.78 is 0. The topological polar surface area (TPSA) is 56.7 Å². The van der Waals surface area contributed by atoms with E-state index in [4.69, 9.17) is 11.6 Å². The van der Waals surface area contributed by atoms with Crippen LogP contribution in [-0.2, 0) is 0 Å². The van der Waals surface area contributed by atoms with Gasteiger partial charge >= 0.3 is 0 Å². The standard InChI is InChI=1S/C15H19ClN4O/c16-11-3-4-12(15(21)20-7-1-2-8-20)13(9-11)19-10-14-17-5-6-18-14/h3-4,9,19H,1-2,5-8,10H2,(H,17,18). The van der Waals surface area contributed by atoms with E-state index in [-0.39, 0.29) is 5.91 Å². The molecule has 2 aliphatic rings. The highest BCUT2D eigenvalue weighted by molar-refractivity contribution is 6.31. The number of aliphatic imine (C=N–C) groups is 1. The van der Waals surface area contributed by atoms with Crippen LogP contribution in [0.1, 0.15) is 23.2 Å². The van der Waals surface area contributed by atoms with E-state index < -0.39 is 0 Å². The van der Waals surface area contributed by atoms with Gasteiger partial charge < -0.3 is 15.5 Å². The Morgan fingerprint density at radius 1 is 1.38 bits per heavy atom. The summed E-state index contributed by atoms with van der Waals surface area (Å²) in [6.07, 6.45) is 2.17. The van der Waals surface area contributed by atoms with Gasteiger partial charge in [0.05, 0.1) is 18.7 Å². The fourth-order valence-corrected chi connectivity index (χ4v) is 2.86. The molecule has 0 saturated carbocycles. The first kappa shape index (κ1) is 14.2. The number of carbonyl (C=O) groups is 1. The monoisotopic (exact) mass is 306 g/mol. The summed E-state index contributed by atoms with van der Waals surface area (Å²) in [5, 5.41) is 7.10. The lowest BCUT2D eigenvalue weighted by atomic mass is 10.1. The predicted molar refractivity (Wildman–Crippen MR) is 85.4 cm³/mol. The van der Waals surface area contributed by atoms with E-state index in [1.807, 2.05) is 4.90 Å². The minimum Gasteiger partial charge on any atom is -0.377 e. The Hall–Kier alpha value is -1.75. The number of halogens is 1. The van der Waals surface area contributed by atoms with Crippen LogP contribution in [-0.4, -0.2) is 49.4 Å². The molecule has 5 nitrogen and oxygen atoms in total. The minimum absolute atomic E-state index is 0.0768. The van der Waals surface area contributed by atoms with Crippen molar-refractivity contribution in [2.24, 2.45) is 4.99 Å². The summed E-state index contributed by atoms with van der Waals surface area (Å²) in [6.45, 7) is 3.96. The largest absolute Gasteiger partial charge is 0.377 e. The normalized spacial score (nSPS) is 17.6. The van der Waals surface area contributed by atoms with E-state index in [2.05, 4.69) is 15.6 Å².